The van der Waals surface area contributed by atoms with E-state index >= 15 is 0 Å². The molecule has 0 aromatic carbocycles. The molecule has 0 radical (unpaired) electrons. The molecule has 1 aromatic heterocycles. The van der Waals surface area contributed by atoms with Crippen LogP contribution in [-0.4, -0.2) is 85.9 Å². The number of rotatable bonds is 9. The Balaban J connectivity index is 0. The Hall–Kier alpha value is -1.66. The fourth-order valence-corrected chi connectivity index (χ4v) is 4.82. The number of oxime groups is 1. The number of nitrogens with two attached hydrogens (primary N) is 1. The second kappa shape index (κ2) is 13.6. The van der Waals surface area contributed by atoms with Crippen LogP contribution in [0.5, 0.6) is 0 Å². The van der Waals surface area contributed by atoms with Crippen LogP contribution in [0.3, 0.4) is 0 Å². The van der Waals surface area contributed by atoms with E-state index in [0.29, 0.717) is 0 Å². The molecule has 2 aliphatic rings. The van der Waals surface area contributed by atoms with Gasteiger partial charge in [-0.2, -0.15) is 0 Å². The number of thioether (sulfide) groups is 1. The number of β-lactam (4-membered cyclic amide) rings is 1. The molecule has 0 unspecified atom stereocenters. The standard InChI is InChI=1S/C17H17N5O9S2.2Na.2H/c1-6(23)30-2-7-4-32-15-11(14(27)22(15)12(7)16(28)29)20-13(26)10(21-31-3-9(24)25)8-5-33-17(18)19-8;;;;/h5,11,15H,2-4H2,1H3,(H2,18,19)(H,20,26)(H,24,25)(H,28,29);;;;/q;2*+1;2*-1/b21-10-;;;;/t11-,15-;;;;/m1..../s1. The van der Waals surface area contributed by atoms with Gasteiger partial charge in [0.15, 0.2) is 10.8 Å². The maximum atomic E-state index is 12.8. The Kier molecular flexibility index (Phi) is 12.2. The van der Waals surface area contributed by atoms with E-state index in [9.17, 15) is 29.1 Å². The summed E-state index contributed by atoms with van der Waals surface area (Å²) in [4.78, 5) is 68.5. The van der Waals surface area contributed by atoms with E-state index in [-0.39, 0.29) is 96.4 Å². The Labute approximate surface area is 253 Å². The van der Waals surface area contributed by atoms with Crippen LogP contribution in [0.2, 0.25) is 0 Å². The number of carboxylic acid groups (broad SMARTS) is 2. The van der Waals surface area contributed by atoms with Gasteiger partial charge in [-0.1, -0.05) is 5.16 Å². The molecule has 14 nitrogen and oxygen atoms in total. The van der Waals surface area contributed by atoms with Crippen LogP contribution < -0.4 is 70.2 Å². The molecule has 2 aliphatic heterocycles. The number of aliphatic carboxylic acids is 2. The molecule has 3 rings (SSSR count). The number of carbonyl (C=O) groups excluding carboxylic acids is 3. The average Bonchev–Trinajstić information content (AvgIpc) is 3.17. The molecule has 1 fully saturated rings. The van der Waals surface area contributed by atoms with Crippen LogP contribution in [0.15, 0.2) is 21.8 Å². The predicted octanol–water partition coefficient (Wildman–Crippen LogP) is -6.93. The van der Waals surface area contributed by atoms with Crippen molar-refractivity contribution >= 4 is 63.7 Å². The second-order valence-corrected chi connectivity index (χ2v) is 8.57. The molecule has 0 saturated carbocycles. The van der Waals surface area contributed by atoms with Crippen molar-refractivity contribution in [3.8, 4) is 0 Å². The van der Waals surface area contributed by atoms with Crippen molar-refractivity contribution < 1.29 is 106 Å². The van der Waals surface area contributed by atoms with E-state index in [1.54, 1.807) is 0 Å². The first-order valence-electron chi connectivity index (χ1n) is 9.07. The first-order valence-corrected chi connectivity index (χ1v) is 11.0. The van der Waals surface area contributed by atoms with Gasteiger partial charge in [-0.25, -0.2) is 14.6 Å². The molecule has 1 saturated heterocycles. The molecule has 2 atom stereocenters. The molecule has 1 aromatic rings. The minimum absolute atomic E-state index is 0. The van der Waals surface area contributed by atoms with Crippen molar-refractivity contribution in [2.75, 3.05) is 24.7 Å². The number of aromatic nitrogens is 1. The maximum absolute atomic E-state index is 12.8. The summed E-state index contributed by atoms with van der Waals surface area (Å²) in [7, 11) is 0. The van der Waals surface area contributed by atoms with Crippen LogP contribution in [0.1, 0.15) is 15.5 Å². The van der Waals surface area contributed by atoms with E-state index in [1.165, 1.54) is 24.1 Å². The number of carboxylic acids is 2. The number of anilines is 1. The van der Waals surface area contributed by atoms with Gasteiger partial charge in [-0.3, -0.25) is 19.3 Å². The summed E-state index contributed by atoms with van der Waals surface area (Å²) >= 11 is 2.18. The number of amides is 2. The van der Waals surface area contributed by atoms with Crippen molar-refractivity contribution in [3.05, 3.63) is 22.3 Å². The number of hydrogen-bond donors (Lipinski definition) is 4. The Bertz CT molecular complexity index is 1100. The largest absolute Gasteiger partial charge is 1.00 e. The number of nitrogens with one attached hydrogen (secondary N) is 1. The van der Waals surface area contributed by atoms with Crippen LogP contribution >= 0.6 is 23.1 Å². The first-order chi connectivity index (χ1) is 15.6. The van der Waals surface area contributed by atoms with E-state index < -0.39 is 53.5 Å². The molecule has 180 valence electrons. The summed E-state index contributed by atoms with van der Waals surface area (Å²) in [5, 5.41) is 25.0. The minimum Gasteiger partial charge on any atom is -1.00 e. The quantitative estimate of drug-likeness (QED) is 0.0747. The van der Waals surface area contributed by atoms with E-state index in [2.05, 4.69) is 20.3 Å². The number of carbonyl (C=O) groups is 5. The fourth-order valence-electron chi connectivity index (χ4n) is 2.95. The zero-order valence-electron chi connectivity index (χ0n) is 20.8. The number of nitrogens with zero attached hydrogens (tertiary/aromatic N) is 3. The summed E-state index contributed by atoms with van der Waals surface area (Å²) in [5.41, 5.74) is 5.12. The molecule has 0 bridgehead atoms. The van der Waals surface area contributed by atoms with Crippen molar-refractivity contribution in [1.29, 1.82) is 0 Å². The van der Waals surface area contributed by atoms with Crippen LogP contribution in [0, 0.1) is 0 Å². The molecule has 3 heterocycles. The van der Waals surface area contributed by atoms with Gasteiger partial charge >= 0.3 is 77.0 Å². The summed E-state index contributed by atoms with van der Waals surface area (Å²) in [6.07, 6.45) is 0. The molecule has 18 heteroatoms. The summed E-state index contributed by atoms with van der Waals surface area (Å²) < 4.78 is 4.86. The number of fused-ring (bicyclic) bond motifs is 1. The van der Waals surface area contributed by atoms with Crippen molar-refractivity contribution in [1.82, 2.24) is 15.2 Å². The molecule has 2 amide bonds. The zero-order valence-corrected chi connectivity index (χ0v) is 24.5. The van der Waals surface area contributed by atoms with Crippen LogP contribution in [-0.2, 0) is 33.5 Å². The number of thiazole rings is 1. The minimum atomic E-state index is -1.37. The molecular formula is C17H19N5Na2O9S2. The van der Waals surface area contributed by atoms with Crippen LogP contribution in [0.4, 0.5) is 5.13 Å². The van der Waals surface area contributed by atoms with Crippen molar-refractivity contribution in [3.63, 3.8) is 0 Å². The maximum Gasteiger partial charge on any atom is 1.00 e. The SMILES string of the molecule is CC(=O)OCC1=C(C(=O)O)N2C(=O)[C@@H](NC(=O)/C(=N\OCC(=O)O)c3csc(N)n3)[C@H]2SC1.[H-].[H-].[Na+].[Na+]. The molecule has 0 aliphatic carbocycles. The predicted molar refractivity (Wildman–Crippen MR) is 115 cm³/mol. The summed E-state index contributed by atoms with van der Waals surface area (Å²) in [6.45, 7) is 0.0821. The first kappa shape index (κ1) is 31.4. The molecular weight excluding hydrogens is 528 g/mol. The van der Waals surface area contributed by atoms with Gasteiger partial charge < -0.3 is 33.7 Å². The topological polar surface area (TPSA) is 211 Å². The van der Waals surface area contributed by atoms with Gasteiger partial charge in [0.1, 0.15) is 29.4 Å². The van der Waals surface area contributed by atoms with Gasteiger partial charge in [0.2, 0.25) is 6.61 Å². The van der Waals surface area contributed by atoms with Crippen molar-refractivity contribution in [2.24, 2.45) is 5.16 Å². The van der Waals surface area contributed by atoms with Gasteiger partial charge in [0.05, 0.1) is 0 Å². The normalized spacial score (nSPS) is 18.8. The van der Waals surface area contributed by atoms with Gasteiger partial charge in [0, 0.05) is 23.6 Å². The smallest absolute Gasteiger partial charge is 1.00 e. The monoisotopic (exact) mass is 547 g/mol. The third kappa shape index (κ3) is 7.42. The number of esters is 1. The summed E-state index contributed by atoms with van der Waals surface area (Å²) in [5.74, 6) is -4.72. The average molecular weight is 547 g/mol. The Morgan fingerprint density at radius 2 is 2.03 bits per heavy atom. The van der Waals surface area contributed by atoms with Gasteiger partial charge in [0.25, 0.3) is 11.8 Å². The Morgan fingerprint density at radius 1 is 1.34 bits per heavy atom. The number of ether oxygens (including phenoxy) is 1. The van der Waals surface area contributed by atoms with Crippen molar-refractivity contribution in [2.45, 2.75) is 18.3 Å². The van der Waals surface area contributed by atoms with Crippen LogP contribution in [0.25, 0.3) is 0 Å². The third-order valence-electron chi connectivity index (χ3n) is 4.31. The molecule has 5 N–H and O–H groups in total. The summed E-state index contributed by atoms with van der Waals surface area (Å²) in [6, 6.07) is -1.09. The Morgan fingerprint density at radius 3 is 2.57 bits per heavy atom. The van der Waals surface area contributed by atoms with E-state index in [4.69, 9.17) is 15.6 Å². The fraction of sp³-hybridized carbons (Fsp3) is 0.353. The number of hydrogen-bond acceptors (Lipinski definition) is 12. The van der Waals surface area contributed by atoms with E-state index in [1.807, 2.05) is 0 Å². The van der Waals surface area contributed by atoms with Gasteiger partial charge in [-0.15, -0.1) is 23.1 Å². The zero-order chi connectivity index (χ0) is 24.3. The molecule has 0 spiro atoms. The third-order valence-corrected chi connectivity index (χ3v) is 6.32. The number of nitrogen functional groups attached to an aromatic ring is 1. The van der Waals surface area contributed by atoms with Gasteiger partial charge in [-0.05, 0) is 0 Å². The van der Waals surface area contributed by atoms with E-state index in [0.717, 1.165) is 16.2 Å². The molecule has 35 heavy (non-hydrogen) atoms. The second-order valence-electron chi connectivity index (χ2n) is 6.58.